The average Bonchev–Trinajstić information content (AvgIpc) is 3.17. The molecule has 1 aliphatic heterocycles. The monoisotopic (exact) mass is 538 g/mol. The van der Waals surface area contributed by atoms with Crippen LogP contribution < -0.4 is 0 Å². The summed E-state index contributed by atoms with van der Waals surface area (Å²) in [4.78, 5) is 24.7. The zero-order valence-corrected chi connectivity index (χ0v) is 22.2. The third-order valence-electron chi connectivity index (χ3n) is 7.88. The van der Waals surface area contributed by atoms with Crippen LogP contribution >= 0.6 is 0 Å². The highest BCUT2D eigenvalue weighted by atomic mass is 19.1. The number of carbonyl (C=O) groups excluding carboxylic acids is 1. The van der Waals surface area contributed by atoms with E-state index < -0.39 is 12.6 Å². The van der Waals surface area contributed by atoms with Crippen molar-refractivity contribution in [3.05, 3.63) is 106 Å². The molecular weight excluding hydrogens is 507 g/mol. The van der Waals surface area contributed by atoms with E-state index >= 15 is 0 Å². The molecule has 0 saturated carbocycles. The molecule has 2 atom stereocenters. The van der Waals surface area contributed by atoms with Gasteiger partial charge in [-0.25, -0.2) is 4.79 Å². The number of aromatic carboxylic acids is 1. The van der Waals surface area contributed by atoms with Gasteiger partial charge >= 0.3 is 5.97 Å². The van der Waals surface area contributed by atoms with Crippen molar-refractivity contribution < 1.29 is 23.8 Å². The standard InChI is InChI=1S/C33H31FN2O4/c34-14-3-15-36-20-28(32(36)40-21-37)16-22-8-10-24(11-9-22)31-29(25-5-1-4-23(17-25)19-35)7-2-6-26-18-27(33(38)39)12-13-30(26)31/h1,4-5,8-13,17-18,21,28,32H,2-3,6-7,14-16,20H2,(H,38,39). The van der Waals surface area contributed by atoms with Crippen LogP contribution in [0.4, 0.5) is 4.39 Å². The van der Waals surface area contributed by atoms with Gasteiger partial charge in [0.1, 0.15) is 0 Å². The number of likely N-dealkylation sites (tertiary alicyclic amines) is 1. The van der Waals surface area contributed by atoms with Gasteiger partial charge in [0.2, 0.25) is 0 Å². The summed E-state index contributed by atoms with van der Waals surface area (Å²) in [6, 6.07) is 23.6. The summed E-state index contributed by atoms with van der Waals surface area (Å²) in [6.45, 7) is 1.40. The van der Waals surface area contributed by atoms with Crippen LogP contribution in [0.25, 0.3) is 11.1 Å². The molecule has 7 heteroatoms. The maximum atomic E-state index is 12.6. The highest BCUT2D eigenvalue weighted by Crippen LogP contribution is 2.40. The molecule has 2 unspecified atom stereocenters. The number of carboxylic acid groups (broad SMARTS) is 1. The molecule has 0 radical (unpaired) electrons. The Morgan fingerprint density at radius 1 is 1.10 bits per heavy atom. The van der Waals surface area contributed by atoms with Crippen LogP contribution in [0.3, 0.4) is 0 Å². The summed E-state index contributed by atoms with van der Waals surface area (Å²) in [5, 5.41) is 19.1. The second-order valence-corrected chi connectivity index (χ2v) is 10.4. The Morgan fingerprint density at radius 3 is 2.65 bits per heavy atom. The molecule has 1 aliphatic carbocycles. The lowest BCUT2D eigenvalue weighted by atomic mass is 9.85. The molecule has 1 fully saturated rings. The molecule has 5 rings (SSSR count). The molecule has 3 aromatic carbocycles. The predicted molar refractivity (Wildman–Crippen MR) is 150 cm³/mol. The van der Waals surface area contributed by atoms with E-state index in [1.54, 1.807) is 18.2 Å². The van der Waals surface area contributed by atoms with Crippen molar-refractivity contribution in [3.63, 3.8) is 0 Å². The Morgan fingerprint density at radius 2 is 1.93 bits per heavy atom. The quantitative estimate of drug-likeness (QED) is 0.324. The zero-order valence-electron chi connectivity index (χ0n) is 22.2. The number of nitriles is 1. The molecule has 1 saturated heterocycles. The molecule has 40 heavy (non-hydrogen) atoms. The van der Waals surface area contributed by atoms with Gasteiger partial charge < -0.3 is 9.84 Å². The lowest BCUT2D eigenvalue weighted by Crippen LogP contribution is -2.58. The molecule has 3 aromatic rings. The zero-order chi connectivity index (χ0) is 28.1. The predicted octanol–water partition coefficient (Wildman–Crippen LogP) is 5.88. The number of alkyl halides is 1. The highest BCUT2D eigenvalue weighted by molar-refractivity contribution is 6.00. The van der Waals surface area contributed by atoms with E-state index in [-0.39, 0.29) is 17.7 Å². The van der Waals surface area contributed by atoms with Crippen LogP contribution in [-0.2, 0) is 22.4 Å². The van der Waals surface area contributed by atoms with Crippen LogP contribution in [-0.4, -0.2) is 48.4 Å². The molecule has 0 aromatic heterocycles. The number of fused-ring (bicyclic) bond motifs is 1. The first-order valence-corrected chi connectivity index (χ1v) is 13.6. The smallest absolute Gasteiger partial charge is 0.335 e. The number of carboxylic acids is 1. The number of nitrogens with zero attached hydrogens (tertiary/aromatic N) is 2. The topological polar surface area (TPSA) is 90.6 Å². The minimum Gasteiger partial charge on any atom is -0.478 e. The molecule has 2 aliphatic rings. The number of ether oxygens (including phenoxy) is 1. The van der Waals surface area contributed by atoms with Crippen molar-refractivity contribution >= 4 is 23.6 Å². The Kier molecular flexibility index (Phi) is 8.37. The fraction of sp³-hybridized carbons (Fsp3) is 0.303. The average molecular weight is 539 g/mol. The maximum absolute atomic E-state index is 12.6. The lowest BCUT2D eigenvalue weighted by molar-refractivity contribution is -0.175. The van der Waals surface area contributed by atoms with Crippen molar-refractivity contribution in [2.45, 2.75) is 38.3 Å². The van der Waals surface area contributed by atoms with E-state index in [0.29, 0.717) is 25.0 Å². The normalized spacial score (nSPS) is 18.7. The van der Waals surface area contributed by atoms with Gasteiger partial charge in [0, 0.05) is 19.0 Å². The first kappa shape index (κ1) is 27.3. The van der Waals surface area contributed by atoms with Crippen molar-refractivity contribution in [3.8, 4) is 6.07 Å². The summed E-state index contributed by atoms with van der Waals surface area (Å²) >= 11 is 0. The second kappa shape index (κ2) is 12.3. The number of rotatable bonds is 10. The molecule has 6 nitrogen and oxygen atoms in total. The number of carbonyl (C=O) groups is 2. The molecule has 1 heterocycles. The molecule has 1 N–H and O–H groups in total. The number of benzene rings is 3. The molecular formula is C33H31FN2O4. The van der Waals surface area contributed by atoms with Crippen LogP contribution in [0.1, 0.15) is 63.0 Å². The number of halogens is 1. The number of hydrogen-bond acceptors (Lipinski definition) is 5. The fourth-order valence-electron chi connectivity index (χ4n) is 5.98. The van der Waals surface area contributed by atoms with Crippen LogP contribution in [0, 0.1) is 17.2 Å². The summed E-state index contributed by atoms with van der Waals surface area (Å²) in [5.74, 6) is -0.799. The number of hydrogen-bond donors (Lipinski definition) is 1. The maximum Gasteiger partial charge on any atom is 0.335 e. The Bertz CT molecular complexity index is 1470. The Hall–Kier alpha value is -4.28. The minimum atomic E-state index is -0.944. The van der Waals surface area contributed by atoms with Crippen molar-refractivity contribution in [2.24, 2.45) is 5.92 Å². The first-order chi connectivity index (χ1) is 19.5. The van der Waals surface area contributed by atoms with E-state index in [1.807, 2.05) is 29.2 Å². The highest BCUT2D eigenvalue weighted by Gasteiger charge is 2.40. The van der Waals surface area contributed by atoms with E-state index in [4.69, 9.17) is 4.74 Å². The van der Waals surface area contributed by atoms with Crippen LogP contribution in [0.2, 0.25) is 0 Å². The van der Waals surface area contributed by atoms with E-state index in [2.05, 4.69) is 30.3 Å². The summed E-state index contributed by atoms with van der Waals surface area (Å²) in [5.41, 5.74) is 8.19. The first-order valence-electron chi connectivity index (χ1n) is 13.6. The van der Waals surface area contributed by atoms with E-state index in [1.165, 1.54) is 0 Å². The van der Waals surface area contributed by atoms with Crippen molar-refractivity contribution in [1.29, 1.82) is 5.26 Å². The molecule has 0 spiro atoms. The SMILES string of the molecule is N#Cc1cccc(C2=C(c3ccc(CC4CN(CCCF)C4OC=O)cc3)c3ccc(C(=O)O)cc3CCC2)c1. The number of aryl methyl sites for hydroxylation is 1. The summed E-state index contributed by atoms with van der Waals surface area (Å²) < 4.78 is 17.9. The largest absolute Gasteiger partial charge is 0.478 e. The summed E-state index contributed by atoms with van der Waals surface area (Å²) in [6.07, 6.45) is 3.25. The van der Waals surface area contributed by atoms with Gasteiger partial charge in [-0.15, -0.1) is 0 Å². The molecule has 0 bridgehead atoms. The Balaban J connectivity index is 1.50. The van der Waals surface area contributed by atoms with Gasteiger partial charge in [0.05, 0.1) is 23.9 Å². The minimum absolute atomic E-state index is 0.146. The van der Waals surface area contributed by atoms with Gasteiger partial charge in [0.15, 0.2) is 6.23 Å². The second-order valence-electron chi connectivity index (χ2n) is 10.4. The summed E-state index contributed by atoms with van der Waals surface area (Å²) in [7, 11) is 0. The van der Waals surface area contributed by atoms with Gasteiger partial charge in [-0.1, -0.05) is 42.5 Å². The van der Waals surface area contributed by atoms with Gasteiger partial charge in [-0.05, 0) is 95.3 Å². The lowest BCUT2D eigenvalue weighted by Gasteiger charge is -2.46. The Labute approximate surface area is 233 Å². The van der Waals surface area contributed by atoms with E-state index in [9.17, 15) is 24.3 Å². The van der Waals surface area contributed by atoms with Gasteiger partial charge in [-0.2, -0.15) is 5.26 Å². The third kappa shape index (κ3) is 5.68. The van der Waals surface area contributed by atoms with Crippen molar-refractivity contribution in [1.82, 2.24) is 4.90 Å². The molecule has 204 valence electrons. The number of allylic oxidation sites excluding steroid dienone is 1. The van der Waals surface area contributed by atoms with Gasteiger partial charge in [-0.3, -0.25) is 14.1 Å². The van der Waals surface area contributed by atoms with Crippen molar-refractivity contribution in [2.75, 3.05) is 19.8 Å². The van der Waals surface area contributed by atoms with Crippen LogP contribution in [0.15, 0.2) is 66.7 Å². The fourth-order valence-corrected chi connectivity index (χ4v) is 5.98. The van der Waals surface area contributed by atoms with Gasteiger partial charge in [0.25, 0.3) is 6.47 Å². The van der Waals surface area contributed by atoms with E-state index in [0.717, 1.165) is 71.2 Å². The van der Waals surface area contributed by atoms with Crippen LogP contribution in [0.5, 0.6) is 0 Å². The molecule has 0 amide bonds. The third-order valence-corrected chi connectivity index (χ3v) is 7.88.